The Morgan fingerprint density at radius 1 is 0.932 bits per heavy atom. The summed E-state index contributed by atoms with van der Waals surface area (Å²) in [5, 5.41) is 9.54. The zero-order chi connectivity index (χ0) is 31.6. The van der Waals surface area contributed by atoms with E-state index in [4.69, 9.17) is 39.5 Å². The van der Waals surface area contributed by atoms with Crippen molar-refractivity contribution in [3.05, 3.63) is 74.0 Å². The van der Waals surface area contributed by atoms with E-state index in [1.165, 1.54) is 4.68 Å². The number of halogens is 3. The first kappa shape index (κ1) is 32.3. The smallest absolute Gasteiger partial charge is 0.312 e. The number of aromatic nitrogens is 3. The average Bonchev–Trinajstić information content (AvgIpc) is 3.46. The lowest BCUT2D eigenvalue weighted by molar-refractivity contribution is -0.161. The Labute approximate surface area is 272 Å². The molecule has 12 heteroatoms. The lowest BCUT2D eigenvalue weighted by Gasteiger charge is -2.42. The summed E-state index contributed by atoms with van der Waals surface area (Å²) >= 11 is 18.6. The minimum absolute atomic E-state index is 0.0283. The van der Waals surface area contributed by atoms with E-state index in [1.54, 1.807) is 30.2 Å². The number of piperidine rings is 2. The van der Waals surface area contributed by atoms with Crippen molar-refractivity contribution in [2.45, 2.75) is 52.9 Å². The molecule has 1 aromatic heterocycles. The van der Waals surface area contributed by atoms with Crippen LogP contribution in [0.3, 0.4) is 0 Å². The number of aryl methyl sites for hydroxylation is 2. The van der Waals surface area contributed by atoms with Gasteiger partial charge in [0.05, 0.1) is 50.6 Å². The van der Waals surface area contributed by atoms with Crippen LogP contribution >= 0.6 is 34.8 Å². The number of carbonyl (C=O) groups is 3. The molecular weight excluding hydrogens is 625 g/mol. The first-order valence-electron chi connectivity index (χ1n) is 14.9. The van der Waals surface area contributed by atoms with Gasteiger partial charge in [-0.25, -0.2) is 4.68 Å². The van der Waals surface area contributed by atoms with Crippen molar-refractivity contribution < 1.29 is 19.1 Å². The second kappa shape index (κ2) is 13.5. The van der Waals surface area contributed by atoms with Crippen LogP contribution in [-0.4, -0.2) is 75.4 Å². The Morgan fingerprint density at radius 3 is 2.30 bits per heavy atom. The van der Waals surface area contributed by atoms with Gasteiger partial charge in [0.25, 0.3) is 5.91 Å². The molecular formula is C32H36Cl3N5O4. The van der Waals surface area contributed by atoms with Crippen LogP contribution in [0.1, 0.15) is 59.8 Å². The number of nitrogens with zero attached hydrogens (tertiary/aromatic N) is 5. The van der Waals surface area contributed by atoms with Crippen molar-refractivity contribution in [3.8, 4) is 5.69 Å². The molecule has 0 N–H and O–H groups in total. The van der Waals surface area contributed by atoms with Crippen LogP contribution in [-0.2, 0) is 20.7 Å². The number of ether oxygens (including phenoxy) is 1. The Bertz CT molecular complexity index is 1550. The number of esters is 1. The Hall–Kier alpha value is -3.14. The third-order valence-corrected chi connectivity index (χ3v) is 9.59. The van der Waals surface area contributed by atoms with Gasteiger partial charge < -0.3 is 14.5 Å². The molecule has 1 unspecified atom stereocenters. The van der Waals surface area contributed by atoms with Gasteiger partial charge in [0.2, 0.25) is 5.91 Å². The number of amides is 2. The van der Waals surface area contributed by atoms with Gasteiger partial charge in [-0.15, -0.1) is 5.10 Å². The lowest BCUT2D eigenvalue weighted by Crippen LogP contribution is -2.52. The standard InChI is InChI=1S/C32H36Cl3N5O4/c1-4-44-31(43)32(17-24-19-40(37-36-24)28-16-26(34)25(33)15-27(28)35)7-10-38(11-8-32)29(41)22-6-5-9-39(18-22)30(42)23-13-20(2)12-21(3)14-23/h12-16,19,22H,4-11,17-18H2,1-3H3. The van der Waals surface area contributed by atoms with Gasteiger partial charge in [0, 0.05) is 38.2 Å². The van der Waals surface area contributed by atoms with Crippen LogP contribution in [0.4, 0.5) is 0 Å². The van der Waals surface area contributed by atoms with E-state index < -0.39 is 5.41 Å². The summed E-state index contributed by atoms with van der Waals surface area (Å²) in [6.07, 6.45) is 4.37. The monoisotopic (exact) mass is 659 g/mol. The van der Waals surface area contributed by atoms with Crippen LogP contribution in [0.15, 0.2) is 36.5 Å². The molecule has 2 amide bonds. The summed E-state index contributed by atoms with van der Waals surface area (Å²) < 4.78 is 7.02. The fourth-order valence-corrected chi connectivity index (χ4v) is 6.95. The van der Waals surface area contributed by atoms with Crippen molar-refractivity contribution in [1.82, 2.24) is 24.8 Å². The molecule has 0 aliphatic carbocycles. The molecule has 0 radical (unpaired) electrons. The van der Waals surface area contributed by atoms with Crippen molar-refractivity contribution in [2.75, 3.05) is 32.8 Å². The summed E-state index contributed by atoms with van der Waals surface area (Å²) in [4.78, 5) is 44.0. The third kappa shape index (κ3) is 6.90. The fourth-order valence-electron chi connectivity index (χ4n) is 6.33. The number of benzene rings is 2. The summed E-state index contributed by atoms with van der Waals surface area (Å²) in [5.41, 5.74) is 2.99. The first-order chi connectivity index (χ1) is 21.0. The predicted octanol–water partition coefficient (Wildman–Crippen LogP) is 6.11. The van der Waals surface area contributed by atoms with E-state index >= 15 is 0 Å². The number of hydrogen-bond acceptors (Lipinski definition) is 6. The maximum Gasteiger partial charge on any atom is 0.312 e. The maximum absolute atomic E-state index is 13.7. The second-order valence-electron chi connectivity index (χ2n) is 11.8. The summed E-state index contributed by atoms with van der Waals surface area (Å²) in [5.74, 6) is -0.591. The molecule has 2 saturated heterocycles. The van der Waals surface area contributed by atoms with Gasteiger partial charge in [-0.1, -0.05) is 57.2 Å². The fraction of sp³-hybridized carbons (Fsp3) is 0.469. The van der Waals surface area contributed by atoms with Gasteiger partial charge in [0.15, 0.2) is 0 Å². The van der Waals surface area contributed by atoms with E-state index in [2.05, 4.69) is 10.3 Å². The van der Waals surface area contributed by atoms with Gasteiger partial charge in [-0.2, -0.15) is 0 Å². The molecule has 2 fully saturated rings. The molecule has 0 saturated carbocycles. The van der Waals surface area contributed by atoms with E-state index in [0.717, 1.165) is 24.0 Å². The van der Waals surface area contributed by atoms with Crippen LogP contribution in [0.2, 0.25) is 15.1 Å². The van der Waals surface area contributed by atoms with Crippen LogP contribution < -0.4 is 0 Å². The zero-order valence-electron chi connectivity index (χ0n) is 25.1. The summed E-state index contributed by atoms with van der Waals surface area (Å²) in [6.45, 7) is 7.83. The van der Waals surface area contributed by atoms with Gasteiger partial charge in [-0.3, -0.25) is 14.4 Å². The molecule has 2 aromatic carbocycles. The van der Waals surface area contributed by atoms with Crippen LogP contribution in [0.5, 0.6) is 0 Å². The number of hydrogen-bond donors (Lipinski definition) is 0. The van der Waals surface area contributed by atoms with E-state index in [-0.39, 0.29) is 30.3 Å². The highest BCUT2D eigenvalue weighted by Gasteiger charge is 2.45. The van der Waals surface area contributed by atoms with Crippen molar-refractivity contribution in [2.24, 2.45) is 11.3 Å². The molecule has 3 aromatic rings. The number of carbonyl (C=O) groups excluding carboxylic acids is 3. The average molecular weight is 661 g/mol. The molecule has 0 spiro atoms. The maximum atomic E-state index is 13.7. The minimum atomic E-state index is -0.854. The molecule has 0 bridgehead atoms. The molecule has 9 nitrogen and oxygen atoms in total. The second-order valence-corrected chi connectivity index (χ2v) is 13.1. The summed E-state index contributed by atoms with van der Waals surface area (Å²) in [6, 6.07) is 8.99. The quantitative estimate of drug-likeness (QED) is 0.224. The van der Waals surface area contributed by atoms with Crippen LogP contribution in [0, 0.1) is 25.2 Å². The van der Waals surface area contributed by atoms with Gasteiger partial charge >= 0.3 is 5.97 Å². The Balaban J connectivity index is 1.26. The molecule has 5 rings (SSSR count). The number of likely N-dealkylation sites (tertiary alicyclic amines) is 2. The van der Waals surface area contributed by atoms with Crippen molar-refractivity contribution in [3.63, 3.8) is 0 Å². The van der Waals surface area contributed by atoms with E-state index in [1.807, 2.05) is 36.9 Å². The minimum Gasteiger partial charge on any atom is -0.466 e. The normalized spacial score (nSPS) is 18.3. The molecule has 44 heavy (non-hydrogen) atoms. The van der Waals surface area contributed by atoms with E-state index in [0.29, 0.717) is 77.5 Å². The highest BCUT2D eigenvalue weighted by molar-refractivity contribution is 6.43. The summed E-state index contributed by atoms with van der Waals surface area (Å²) in [7, 11) is 0. The molecule has 1 atom stereocenters. The molecule has 2 aliphatic heterocycles. The van der Waals surface area contributed by atoms with Gasteiger partial charge in [-0.05, 0) is 70.7 Å². The highest BCUT2D eigenvalue weighted by Crippen LogP contribution is 2.38. The highest BCUT2D eigenvalue weighted by atomic mass is 35.5. The van der Waals surface area contributed by atoms with Gasteiger partial charge in [0.1, 0.15) is 0 Å². The molecule has 3 heterocycles. The Kier molecular flexibility index (Phi) is 9.87. The van der Waals surface area contributed by atoms with Crippen LogP contribution in [0.25, 0.3) is 5.69 Å². The predicted molar refractivity (Wildman–Crippen MR) is 170 cm³/mol. The molecule has 234 valence electrons. The van der Waals surface area contributed by atoms with Crippen molar-refractivity contribution >= 4 is 52.6 Å². The lowest BCUT2D eigenvalue weighted by atomic mass is 9.74. The van der Waals surface area contributed by atoms with Crippen molar-refractivity contribution in [1.29, 1.82) is 0 Å². The largest absolute Gasteiger partial charge is 0.466 e. The third-order valence-electron chi connectivity index (χ3n) is 8.56. The first-order valence-corrected chi connectivity index (χ1v) is 16.0. The zero-order valence-corrected chi connectivity index (χ0v) is 27.4. The van der Waals surface area contributed by atoms with E-state index in [9.17, 15) is 14.4 Å². The SMILES string of the molecule is CCOC(=O)C1(Cc2cn(-c3cc(Cl)c(Cl)cc3Cl)nn2)CCN(C(=O)C2CCCN(C(=O)c3cc(C)cc(C)c3)C2)CC1. The molecule has 2 aliphatic rings. The Morgan fingerprint density at radius 2 is 1.61 bits per heavy atom. The topological polar surface area (TPSA) is 97.6 Å². The number of rotatable bonds is 7.